The molecule has 0 bridgehead atoms. The highest BCUT2D eigenvalue weighted by Crippen LogP contribution is 2.30. The third kappa shape index (κ3) is 2.83. The number of hydrogen-bond acceptors (Lipinski definition) is 2. The Morgan fingerprint density at radius 2 is 1.86 bits per heavy atom. The molecular formula is C18H19NO2. The smallest absolute Gasteiger partial charge is 0.252 e. The zero-order valence-corrected chi connectivity index (χ0v) is 12.2. The highest BCUT2D eigenvalue weighted by atomic mass is 16.5. The van der Waals surface area contributed by atoms with Gasteiger partial charge in [0.05, 0.1) is 6.61 Å². The number of fused-ring (bicyclic) bond motifs is 1. The first-order valence-corrected chi connectivity index (χ1v) is 7.36. The molecule has 2 aromatic carbocycles. The first kappa shape index (κ1) is 13.8. The van der Waals surface area contributed by atoms with Crippen molar-refractivity contribution in [3.05, 3.63) is 54.1 Å². The third-order valence-electron chi connectivity index (χ3n) is 3.71. The van der Waals surface area contributed by atoms with Crippen LogP contribution in [0.1, 0.15) is 18.9 Å². The topological polar surface area (TPSA) is 29.5 Å². The van der Waals surface area contributed by atoms with Gasteiger partial charge in [0.1, 0.15) is 6.61 Å². The fourth-order valence-corrected chi connectivity index (χ4v) is 2.70. The Kier molecular flexibility index (Phi) is 4.02. The molecule has 0 atom stereocenters. The quantitative estimate of drug-likeness (QED) is 0.860. The predicted molar refractivity (Wildman–Crippen MR) is 84.2 cm³/mol. The molecule has 0 aliphatic carbocycles. The molecule has 1 aliphatic rings. The van der Waals surface area contributed by atoms with E-state index in [9.17, 15) is 4.79 Å². The van der Waals surface area contributed by atoms with Crippen molar-refractivity contribution in [1.29, 1.82) is 0 Å². The molecule has 0 spiro atoms. The second-order valence-corrected chi connectivity index (χ2v) is 5.25. The van der Waals surface area contributed by atoms with E-state index in [1.807, 2.05) is 29.2 Å². The molecule has 1 heterocycles. The van der Waals surface area contributed by atoms with Gasteiger partial charge in [-0.05, 0) is 29.7 Å². The lowest BCUT2D eigenvalue weighted by atomic mass is 10.0. The van der Waals surface area contributed by atoms with E-state index in [0.717, 1.165) is 29.8 Å². The van der Waals surface area contributed by atoms with Gasteiger partial charge in [-0.3, -0.25) is 4.79 Å². The van der Waals surface area contributed by atoms with Crippen LogP contribution in [0.25, 0.3) is 11.1 Å². The van der Waals surface area contributed by atoms with E-state index in [2.05, 4.69) is 31.2 Å². The molecule has 0 saturated heterocycles. The van der Waals surface area contributed by atoms with Crippen LogP contribution in [-0.4, -0.2) is 19.1 Å². The van der Waals surface area contributed by atoms with E-state index in [1.54, 1.807) is 0 Å². The van der Waals surface area contributed by atoms with Crippen LogP contribution >= 0.6 is 0 Å². The number of hydrogen-bond donors (Lipinski definition) is 0. The van der Waals surface area contributed by atoms with Crippen molar-refractivity contribution in [1.82, 2.24) is 0 Å². The van der Waals surface area contributed by atoms with Gasteiger partial charge in [0.2, 0.25) is 0 Å². The number of amides is 1. The molecule has 0 fully saturated rings. The Bertz CT molecular complexity index is 637. The van der Waals surface area contributed by atoms with E-state index in [1.165, 1.54) is 5.56 Å². The maximum atomic E-state index is 12.1. The molecule has 0 radical (unpaired) electrons. The van der Waals surface area contributed by atoms with Crippen molar-refractivity contribution < 1.29 is 9.53 Å². The van der Waals surface area contributed by atoms with Gasteiger partial charge < -0.3 is 9.64 Å². The number of rotatable bonds is 3. The van der Waals surface area contributed by atoms with Gasteiger partial charge in [-0.25, -0.2) is 0 Å². The van der Waals surface area contributed by atoms with E-state index in [0.29, 0.717) is 6.61 Å². The van der Waals surface area contributed by atoms with E-state index in [-0.39, 0.29) is 12.5 Å². The normalized spacial score (nSPS) is 14.7. The lowest BCUT2D eigenvalue weighted by Gasteiger charge is -2.22. The zero-order valence-electron chi connectivity index (χ0n) is 12.2. The highest BCUT2D eigenvalue weighted by molar-refractivity contribution is 5.96. The fraction of sp³-hybridized carbons (Fsp3) is 0.278. The van der Waals surface area contributed by atoms with Crippen molar-refractivity contribution >= 4 is 11.6 Å². The fourth-order valence-electron chi connectivity index (χ4n) is 2.70. The second-order valence-electron chi connectivity index (χ2n) is 5.25. The first-order valence-electron chi connectivity index (χ1n) is 7.36. The minimum Gasteiger partial charge on any atom is -0.367 e. The summed E-state index contributed by atoms with van der Waals surface area (Å²) in [6, 6.07) is 16.5. The minimum absolute atomic E-state index is 0.0445. The summed E-state index contributed by atoms with van der Waals surface area (Å²) in [6.45, 7) is 3.47. The summed E-state index contributed by atoms with van der Waals surface area (Å²) in [5.41, 5.74) is 4.40. The van der Waals surface area contributed by atoms with E-state index >= 15 is 0 Å². The Labute approximate surface area is 125 Å². The summed E-state index contributed by atoms with van der Waals surface area (Å²) in [6.07, 6.45) is 0.936. The van der Waals surface area contributed by atoms with Gasteiger partial charge in [-0.1, -0.05) is 43.3 Å². The lowest BCUT2D eigenvalue weighted by molar-refractivity contribution is -0.123. The molecule has 108 valence electrons. The van der Waals surface area contributed by atoms with Crippen LogP contribution in [0.15, 0.2) is 48.5 Å². The summed E-state index contributed by atoms with van der Waals surface area (Å²) < 4.78 is 5.51. The van der Waals surface area contributed by atoms with Crippen molar-refractivity contribution in [3.63, 3.8) is 0 Å². The van der Waals surface area contributed by atoms with Crippen LogP contribution < -0.4 is 4.90 Å². The number of anilines is 1. The maximum absolute atomic E-state index is 12.1. The maximum Gasteiger partial charge on any atom is 0.252 e. The number of carbonyl (C=O) groups is 1. The summed E-state index contributed by atoms with van der Waals surface area (Å²) in [5, 5.41) is 0. The molecular weight excluding hydrogens is 262 g/mol. The third-order valence-corrected chi connectivity index (χ3v) is 3.71. The van der Waals surface area contributed by atoms with Crippen molar-refractivity contribution in [2.45, 2.75) is 20.0 Å². The predicted octanol–water partition coefficient (Wildman–Crippen LogP) is 3.63. The summed E-state index contributed by atoms with van der Waals surface area (Å²) >= 11 is 0. The van der Waals surface area contributed by atoms with Crippen molar-refractivity contribution in [2.75, 3.05) is 18.1 Å². The Morgan fingerprint density at radius 1 is 1.05 bits per heavy atom. The van der Waals surface area contributed by atoms with Crippen LogP contribution in [0.3, 0.4) is 0 Å². The molecule has 3 rings (SSSR count). The molecule has 3 heteroatoms. The molecule has 2 aromatic rings. The van der Waals surface area contributed by atoms with Gasteiger partial charge in [-0.15, -0.1) is 0 Å². The van der Waals surface area contributed by atoms with Crippen molar-refractivity contribution in [3.8, 4) is 11.1 Å². The van der Waals surface area contributed by atoms with Crippen LogP contribution in [0.5, 0.6) is 0 Å². The number of carbonyl (C=O) groups excluding carboxylic acids is 1. The molecule has 0 N–H and O–H groups in total. The van der Waals surface area contributed by atoms with Crippen LogP contribution in [0.4, 0.5) is 5.69 Å². The molecule has 21 heavy (non-hydrogen) atoms. The van der Waals surface area contributed by atoms with Crippen LogP contribution in [-0.2, 0) is 16.1 Å². The van der Waals surface area contributed by atoms with Crippen LogP contribution in [0, 0.1) is 0 Å². The van der Waals surface area contributed by atoms with Gasteiger partial charge >= 0.3 is 0 Å². The Morgan fingerprint density at radius 3 is 2.62 bits per heavy atom. The van der Waals surface area contributed by atoms with Gasteiger partial charge in [0.25, 0.3) is 5.91 Å². The lowest BCUT2D eigenvalue weighted by Crippen LogP contribution is -2.33. The number of benzene rings is 2. The minimum atomic E-state index is 0.0445. The van der Waals surface area contributed by atoms with E-state index < -0.39 is 0 Å². The van der Waals surface area contributed by atoms with Gasteiger partial charge in [0.15, 0.2) is 0 Å². The summed E-state index contributed by atoms with van der Waals surface area (Å²) in [5.74, 6) is 0.0445. The Hall–Kier alpha value is -2.13. The number of nitrogens with zero attached hydrogens (tertiary/aromatic N) is 1. The highest BCUT2D eigenvalue weighted by Gasteiger charge is 2.22. The summed E-state index contributed by atoms with van der Waals surface area (Å²) in [4.78, 5) is 14.0. The first-order chi connectivity index (χ1) is 10.3. The molecule has 1 amide bonds. The monoisotopic (exact) mass is 281 g/mol. The summed E-state index contributed by atoms with van der Waals surface area (Å²) in [7, 11) is 0. The van der Waals surface area contributed by atoms with E-state index in [4.69, 9.17) is 4.74 Å². The largest absolute Gasteiger partial charge is 0.367 e. The second kappa shape index (κ2) is 6.10. The average Bonchev–Trinajstić information content (AvgIpc) is 2.68. The molecule has 1 aliphatic heterocycles. The van der Waals surface area contributed by atoms with Gasteiger partial charge in [0, 0.05) is 17.8 Å². The van der Waals surface area contributed by atoms with Gasteiger partial charge in [-0.2, -0.15) is 0 Å². The molecule has 0 aromatic heterocycles. The average molecular weight is 281 g/mol. The Balaban J connectivity index is 2.02. The molecule has 0 unspecified atom stereocenters. The molecule has 0 saturated carbocycles. The zero-order chi connectivity index (χ0) is 14.7. The SMILES string of the molecule is CCCN1C(=O)COCc2cc(-c3ccccc3)ccc21. The number of ether oxygens (including phenoxy) is 1. The molecule has 3 nitrogen and oxygen atoms in total. The van der Waals surface area contributed by atoms with Crippen molar-refractivity contribution in [2.24, 2.45) is 0 Å². The standard InChI is InChI=1S/C18H19NO2/c1-2-10-19-17-9-8-15(14-6-4-3-5-7-14)11-16(17)12-21-13-18(19)20/h3-9,11H,2,10,12-13H2,1H3. The van der Waals surface area contributed by atoms with Crippen LogP contribution in [0.2, 0.25) is 0 Å².